The molecule has 2 aromatic rings. The Hall–Kier alpha value is -1.80. The zero-order valence-electron chi connectivity index (χ0n) is 14.5. The number of carbonyl (C=O) groups is 1. The van der Waals surface area contributed by atoms with Crippen molar-refractivity contribution in [2.75, 3.05) is 23.1 Å². The lowest BCUT2D eigenvalue weighted by molar-refractivity contribution is 0.188. The second-order valence-corrected chi connectivity index (χ2v) is 7.91. The number of halogens is 2. The normalized spacial score (nSPS) is 17.2. The Morgan fingerprint density at radius 2 is 1.93 bits per heavy atom. The smallest absolute Gasteiger partial charge is 0.322 e. The standard InChI is InChI=1S/C18H19Cl2N3O3S/c1-11-12-4-2-7-16(21-10-27(25)26)13(12)8-9-23(11)18(24)22-17-14(19)5-3-6-15(17)20/h2-7,11,21H,8-10H2,1H3,(H,22,24)(H,25,26)/t11-/m0/s1. The number of nitrogens with one attached hydrogen (secondary N) is 2. The monoisotopic (exact) mass is 427 g/mol. The molecule has 144 valence electrons. The Bertz CT molecular complexity index is 874. The minimum Gasteiger partial charge on any atom is -0.371 e. The number of carbonyl (C=O) groups excluding carboxylic acids is 1. The van der Waals surface area contributed by atoms with Crippen molar-refractivity contribution < 1.29 is 13.6 Å². The number of fused-ring (bicyclic) bond motifs is 1. The fraction of sp³-hybridized carbons (Fsp3) is 0.278. The third-order valence-electron chi connectivity index (χ3n) is 4.57. The van der Waals surface area contributed by atoms with Gasteiger partial charge in [0.15, 0.2) is 11.1 Å². The number of urea groups is 1. The van der Waals surface area contributed by atoms with Gasteiger partial charge in [0.05, 0.1) is 21.8 Å². The van der Waals surface area contributed by atoms with Crippen LogP contribution in [0.1, 0.15) is 24.1 Å². The molecule has 0 spiro atoms. The molecule has 1 unspecified atom stereocenters. The van der Waals surface area contributed by atoms with Crippen molar-refractivity contribution in [1.29, 1.82) is 0 Å². The Morgan fingerprint density at radius 1 is 1.26 bits per heavy atom. The van der Waals surface area contributed by atoms with Crippen molar-refractivity contribution in [3.8, 4) is 0 Å². The fourth-order valence-electron chi connectivity index (χ4n) is 3.25. The molecule has 2 amide bonds. The van der Waals surface area contributed by atoms with Crippen LogP contribution in [-0.2, 0) is 17.5 Å². The lowest BCUT2D eigenvalue weighted by atomic mass is 9.92. The van der Waals surface area contributed by atoms with Crippen molar-refractivity contribution in [2.45, 2.75) is 19.4 Å². The van der Waals surface area contributed by atoms with Gasteiger partial charge in [-0.05, 0) is 42.7 Å². The van der Waals surface area contributed by atoms with Gasteiger partial charge in [-0.1, -0.05) is 41.4 Å². The summed E-state index contributed by atoms with van der Waals surface area (Å²) in [4.78, 5) is 14.5. The summed E-state index contributed by atoms with van der Waals surface area (Å²) in [5.74, 6) is -0.0416. The predicted molar refractivity (Wildman–Crippen MR) is 110 cm³/mol. The van der Waals surface area contributed by atoms with Crippen LogP contribution in [0.4, 0.5) is 16.2 Å². The molecule has 9 heteroatoms. The molecule has 0 bridgehead atoms. The molecule has 0 fully saturated rings. The van der Waals surface area contributed by atoms with Crippen molar-refractivity contribution in [2.24, 2.45) is 0 Å². The highest BCUT2D eigenvalue weighted by Crippen LogP contribution is 2.35. The molecule has 1 aliphatic heterocycles. The zero-order valence-corrected chi connectivity index (χ0v) is 16.9. The predicted octanol–water partition coefficient (Wildman–Crippen LogP) is 4.74. The van der Waals surface area contributed by atoms with E-state index >= 15 is 0 Å². The van der Waals surface area contributed by atoms with Crippen LogP contribution in [0.3, 0.4) is 0 Å². The lowest BCUT2D eigenvalue weighted by Gasteiger charge is -2.36. The topological polar surface area (TPSA) is 81.7 Å². The summed E-state index contributed by atoms with van der Waals surface area (Å²) in [6, 6.07) is 10.3. The van der Waals surface area contributed by atoms with Gasteiger partial charge in [0.1, 0.15) is 5.88 Å². The second-order valence-electron chi connectivity index (χ2n) is 6.16. The fourth-order valence-corrected chi connectivity index (χ4v) is 4.02. The molecule has 6 nitrogen and oxygen atoms in total. The first kappa shape index (κ1) is 19.9. The zero-order chi connectivity index (χ0) is 19.6. The SMILES string of the molecule is C[C@H]1c2cccc(NCS(=O)O)c2CCN1C(=O)Nc1c(Cl)cccc1Cl. The molecule has 1 aliphatic rings. The molecule has 2 atom stereocenters. The molecule has 2 aromatic carbocycles. The van der Waals surface area contributed by atoms with Gasteiger partial charge in [-0.3, -0.25) is 0 Å². The summed E-state index contributed by atoms with van der Waals surface area (Å²) in [7, 11) is 0. The molecule has 0 radical (unpaired) electrons. The van der Waals surface area contributed by atoms with Crippen LogP contribution < -0.4 is 10.6 Å². The summed E-state index contributed by atoms with van der Waals surface area (Å²) in [6.07, 6.45) is 0.630. The van der Waals surface area contributed by atoms with E-state index in [1.165, 1.54) is 0 Å². The molecule has 27 heavy (non-hydrogen) atoms. The number of rotatable bonds is 4. The number of hydrogen-bond donors (Lipinski definition) is 3. The highest BCUT2D eigenvalue weighted by atomic mass is 35.5. The molecule has 1 heterocycles. The number of anilines is 2. The van der Waals surface area contributed by atoms with Crippen LogP contribution in [0.2, 0.25) is 10.0 Å². The number of nitrogens with zero attached hydrogens (tertiary/aromatic N) is 1. The van der Waals surface area contributed by atoms with Gasteiger partial charge in [-0.25, -0.2) is 9.00 Å². The Kier molecular flexibility index (Phi) is 6.26. The van der Waals surface area contributed by atoms with E-state index in [-0.39, 0.29) is 17.9 Å². The molecule has 0 aliphatic carbocycles. The number of amides is 2. The average molecular weight is 428 g/mol. The Labute approximate surface area is 170 Å². The molecule has 0 saturated carbocycles. The third kappa shape index (κ3) is 4.38. The van der Waals surface area contributed by atoms with E-state index in [2.05, 4.69) is 10.6 Å². The Balaban J connectivity index is 1.80. The second kappa shape index (κ2) is 8.48. The van der Waals surface area contributed by atoms with Crippen LogP contribution in [0, 0.1) is 0 Å². The van der Waals surface area contributed by atoms with Crippen LogP contribution in [-0.4, -0.2) is 32.1 Å². The van der Waals surface area contributed by atoms with Gasteiger partial charge in [0, 0.05) is 12.2 Å². The number of benzene rings is 2. The van der Waals surface area contributed by atoms with Crippen LogP contribution in [0.15, 0.2) is 36.4 Å². The van der Waals surface area contributed by atoms with E-state index in [0.717, 1.165) is 16.8 Å². The van der Waals surface area contributed by atoms with E-state index in [0.29, 0.717) is 28.7 Å². The lowest BCUT2D eigenvalue weighted by Crippen LogP contribution is -2.41. The van der Waals surface area contributed by atoms with Crippen molar-refractivity contribution in [3.63, 3.8) is 0 Å². The summed E-state index contributed by atoms with van der Waals surface area (Å²) in [6.45, 7) is 2.45. The summed E-state index contributed by atoms with van der Waals surface area (Å²) in [5, 5.41) is 6.54. The van der Waals surface area contributed by atoms with E-state index in [1.807, 2.05) is 25.1 Å². The first-order valence-corrected chi connectivity index (χ1v) is 10.4. The van der Waals surface area contributed by atoms with E-state index in [4.69, 9.17) is 27.8 Å². The van der Waals surface area contributed by atoms with Crippen molar-refractivity contribution in [3.05, 3.63) is 57.6 Å². The van der Waals surface area contributed by atoms with Crippen molar-refractivity contribution in [1.82, 2.24) is 4.90 Å². The molecule has 0 aromatic heterocycles. The van der Waals surface area contributed by atoms with Gasteiger partial charge < -0.3 is 20.1 Å². The minimum absolute atomic E-state index is 0.0416. The molecular weight excluding hydrogens is 409 g/mol. The Morgan fingerprint density at radius 3 is 2.59 bits per heavy atom. The quantitative estimate of drug-likeness (QED) is 0.615. The number of para-hydroxylation sites is 1. The van der Waals surface area contributed by atoms with Gasteiger partial charge in [-0.2, -0.15) is 0 Å². The molecule has 3 N–H and O–H groups in total. The van der Waals surface area contributed by atoms with Crippen molar-refractivity contribution >= 4 is 51.7 Å². The van der Waals surface area contributed by atoms with E-state index in [1.54, 1.807) is 23.1 Å². The first-order valence-electron chi connectivity index (χ1n) is 8.33. The largest absolute Gasteiger partial charge is 0.371 e. The third-order valence-corrected chi connectivity index (χ3v) is 5.60. The highest BCUT2D eigenvalue weighted by Gasteiger charge is 2.29. The molecular formula is C18H19Cl2N3O3S. The minimum atomic E-state index is -1.93. The number of hydrogen-bond acceptors (Lipinski definition) is 3. The van der Waals surface area contributed by atoms with Crippen LogP contribution in [0.5, 0.6) is 0 Å². The van der Waals surface area contributed by atoms with E-state index < -0.39 is 11.1 Å². The van der Waals surface area contributed by atoms with Gasteiger partial charge in [-0.15, -0.1) is 0 Å². The summed E-state index contributed by atoms with van der Waals surface area (Å²) >= 11 is 10.4. The van der Waals surface area contributed by atoms with Crippen LogP contribution >= 0.6 is 23.2 Å². The maximum atomic E-state index is 12.8. The maximum absolute atomic E-state index is 12.8. The van der Waals surface area contributed by atoms with Gasteiger partial charge >= 0.3 is 6.03 Å². The first-order chi connectivity index (χ1) is 12.9. The maximum Gasteiger partial charge on any atom is 0.322 e. The van der Waals surface area contributed by atoms with Gasteiger partial charge in [0.2, 0.25) is 0 Å². The summed E-state index contributed by atoms with van der Waals surface area (Å²) < 4.78 is 19.9. The van der Waals surface area contributed by atoms with Gasteiger partial charge in [0.25, 0.3) is 0 Å². The molecule has 0 saturated heterocycles. The molecule has 3 rings (SSSR count). The average Bonchev–Trinajstić information content (AvgIpc) is 2.63. The van der Waals surface area contributed by atoms with E-state index in [9.17, 15) is 9.00 Å². The highest BCUT2D eigenvalue weighted by molar-refractivity contribution is 7.79. The van der Waals surface area contributed by atoms with Crippen LogP contribution in [0.25, 0.3) is 0 Å². The summed E-state index contributed by atoms with van der Waals surface area (Å²) in [5.41, 5.74) is 3.26.